The Hall–Kier alpha value is -1.85. The predicted molar refractivity (Wildman–Crippen MR) is 85.3 cm³/mol. The molecule has 21 heavy (non-hydrogen) atoms. The van der Waals surface area contributed by atoms with Crippen LogP contribution in [0.1, 0.15) is 5.82 Å². The molecule has 3 rings (SSSR count). The highest BCUT2D eigenvalue weighted by Crippen LogP contribution is 2.19. The molecule has 0 aliphatic heterocycles. The van der Waals surface area contributed by atoms with Crippen molar-refractivity contribution in [3.63, 3.8) is 0 Å². The summed E-state index contributed by atoms with van der Waals surface area (Å²) in [6.45, 7) is 1.08. The quantitative estimate of drug-likeness (QED) is 0.770. The molecule has 108 valence electrons. The van der Waals surface area contributed by atoms with E-state index in [0.717, 1.165) is 21.3 Å². The number of aliphatic hydroxyl groups excluding tert-OH is 1. The first-order valence-electron chi connectivity index (χ1n) is 6.71. The Balaban J connectivity index is 1.75. The lowest BCUT2D eigenvalue weighted by atomic mass is 10.3. The van der Waals surface area contributed by atoms with Gasteiger partial charge in [0, 0.05) is 4.47 Å². The van der Waals surface area contributed by atoms with Crippen molar-refractivity contribution in [1.82, 2.24) is 9.55 Å². The van der Waals surface area contributed by atoms with Crippen LogP contribution in [-0.4, -0.2) is 21.3 Å². The number of aromatic nitrogens is 2. The molecule has 1 aromatic heterocycles. The molecular formula is C16H15BrN2O2. The largest absolute Gasteiger partial charge is 0.492 e. The summed E-state index contributed by atoms with van der Waals surface area (Å²) >= 11 is 3.42. The van der Waals surface area contributed by atoms with Crippen molar-refractivity contribution in [2.24, 2.45) is 0 Å². The average molecular weight is 347 g/mol. The third-order valence-electron chi connectivity index (χ3n) is 3.25. The van der Waals surface area contributed by atoms with Gasteiger partial charge in [0.15, 0.2) is 0 Å². The Bertz CT molecular complexity index is 755. The van der Waals surface area contributed by atoms with Crippen molar-refractivity contribution in [3.8, 4) is 5.75 Å². The van der Waals surface area contributed by atoms with Gasteiger partial charge in [0.25, 0.3) is 0 Å². The molecule has 0 saturated heterocycles. The molecule has 0 bridgehead atoms. The highest BCUT2D eigenvalue weighted by Gasteiger charge is 2.09. The Labute approximate surface area is 131 Å². The van der Waals surface area contributed by atoms with Crippen LogP contribution in [0.2, 0.25) is 0 Å². The maximum absolute atomic E-state index is 9.44. The van der Waals surface area contributed by atoms with Gasteiger partial charge in [-0.1, -0.05) is 34.1 Å². The van der Waals surface area contributed by atoms with Crippen LogP contribution >= 0.6 is 15.9 Å². The minimum Gasteiger partial charge on any atom is -0.492 e. The fourth-order valence-corrected chi connectivity index (χ4v) is 2.69. The maximum atomic E-state index is 9.44. The van der Waals surface area contributed by atoms with E-state index in [4.69, 9.17) is 4.74 Å². The molecule has 0 aliphatic carbocycles. The zero-order valence-corrected chi connectivity index (χ0v) is 13.0. The number of para-hydroxylation sites is 2. The summed E-state index contributed by atoms with van der Waals surface area (Å²) in [5.74, 6) is 1.48. The van der Waals surface area contributed by atoms with E-state index in [1.165, 1.54) is 0 Å². The maximum Gasteiger partial charge on any atom is 0.135 e. The minimum absolute atomic E-state index is 0.0778. The van der Waals surface area contributed by atoms with Crippen molar-refractivity contribution in [1.29, 1.82) is 0 Å². The number of hydrogen-bond acceptors (Lipinski definition) is 3. The minimum atomic E-state index is -0.0778. The molecule has 0 atom stereocenters. The van der Waals surface area contributed by atoms with E-state index in [9.17, 15) is 5.11 Å². The summed E-state index contributed by atoms with van der Waals surface area (Å²) in [5.41, 5.74) is 1.91. The molecule has 2 aromatic carbocycles. The predicted octanol–water partition coefficient (Wildman–Crippen LogP) is 3.37. The molecule has 0 spiro atoms. The van der Waals surface area contributed by atoms with E-state index >= 15 is 0 Å². The van der Waals surface area contributed by atoms with Crippen molar-refractivity contribution in [2.75, 3.05) is 6.61 Å². The van der Waals surface area contributed by atoms with Crippen LogP contribution in [0.25, 0.3) is 11.0 Å². The lowest BCUT2D eigenvalue weighted by Crippen LogP contribution is -2.11. The number of hydrogen-bond donors (Lipinski definition) is 1. The summed E-state index contributed by atoms with van der Waals surface area (Å²) in [6, 6.07) is 15.6. The molecule has 5 heteroatoms. The van der Waals surface area contributed by atoms with Crippen molar-refractivity contribution in [2.45, 2.75) is 13.2 Å². The molecular weight excluding hydrogens is 332 g/mol. The fraction of sp³-hybridized carbons (Fsp3) is 0.188. The average Bonchev–Trinajstić information content (AvgIpc) is 2.86. The van der Waals surface area contributed by atoms with Crippen LogP contribution in [0.4, 0.5) is 0 Å². The van der Waals surface area contributed by atoms with Gasteiger partial charge in [0.1, 0.15) is 24.8 Å². The molecule has 0 unspecified atom stereocenters. The molecule has 0 fully saturated rings. The summed E-state index contributed by atoms with van der Waals surface area (Å²) in [6.07, 6.45) is 0. The SMILES string of the molecule is OCc1nc2ccccc2n1CCOc1cccc(Br)c1. The monoisotopic (exact) mass is 346 g/mol. The molecule has 1 N–H and O–H groups in total. The topological polar surface area (TPSA) is 47.3 Å². The standard InChI is InChI=1S/C16H15BrN2O2/c17-12-4-3-5-13(10-12)21-9-8-19-15-7-2-1-6-14(15)18-16(19)11-20/h1-7,10,20H,8-9,11H2. The van der Waals surface area contributed by atoms with E-state index in [0.29, 0.717) is 19.0 Å². The molecule has 0 radical (unpaired) electrons. The van der Waals surface area contributed by atoms with Crippen molar-refractivity contribution < 1.29 is 9.84 Å². The van der Waals surface area contributed by atoms with E-state index in [2.05, 4.69) is 20.9 Å². The third-order valence-corrected chi connectivity index (χ3v) is 3.75. The summed E-state index contributed by atoms with van der Waals surface area (Å²) in [5, 5.41) is 9.44. The van der Waals surface area contributed by atoms with Crippen LogP contribution in [-0.2, 0) is 13.2 Å². The van der Waals surface area contributed by atoms with Gasteiger partial charge in [-0.25, -0.2) is 4.98 Å². The first-order valence-corrected chi connectivity index (χ1v) is 7.50. The Morgan fingerprint density at radius 1 is 1.14 bits per heavy atom. The van der Waals surface area contributed by atoms with Gasteiger partial charge in [-0.05, 0) is 30.3 Å². The van der Waals surface area contributed by atoms with Gasteiger partial charge in [0.05, 0.1) is 17.6 Å². The first-order chi connectivity index (χ1) is 10.3. The number of imidazole rings is 1. The van der Waals surface area contributed by atoms with Crippen LogP contribution in [0.5, 0.6) is 5.75 Å². The lowest BCUT2D eigenvalue weighted by Gasteiger charge is -2.10. The van der Waals surface area contributed by atoms with Gasteiger partial charge in [-0.2, -0.15) is 0 Å². The van der Waals surface area contributed by atoms with E-state index in [1.807, 2.05) is 53.1 Å². The van der Waals surface area contributed by atoms with Crippen molar-refractivity contribution in [3.05, 3.63) is 58.8 Å². The molecule has 3 aromatic rings. The van der Waals surface area contributed by atoms with Crippen LogP contribution < -0.4 is 4.74 Å². The summed E-state index contributed by atoms with van der Waals surface area (Å²) < 4.78 is 8.73. The zero-order chi connectivity index (χ0) is 14.7. The lowest BCUT2D eigenvalue weighted by molar-refractivity contribution is 0.255. The molecule has 0 amide bonds. The summed E-state index contributed by atoms with van der Waals surface area (Å²) in [7, 11) is 0. The van der Waals surface area contributed by atoms with E-state index < -0.39 is 0 Å². The number of rotatable bonds is 5. The summed E-state index contributed by atoms with van der Waals surface area (Å²) in [4.78, 5) is 4.42. The van der Waals surface area contributed by atoms with Crippen LogP contribution in [0.3, 0.4) is 0 Å². The van der Waals surface area contributed by atoms with Gasteiger partial charge >= 0.3 is 0 Å². The van der Waals surface area contributed by atoms with E-state index in [1.54, 1.807) is 0 Å². The number of halogens is 1. The first kappa shape index (κ1) is 14.1. The zero-order valence-electron chi connectivity index (χ0n) is 11.4. The molecule has 4 nitrogen and oxygen atoms in total. The number of aliphatic hydroxyl groups is 1. The highest BCUT2D eigenvalue weighted by atomic mass is 79.9. The van der Waals surface area contributed by atoms with Crippen molar-refractivity contribution >= 4 is 27.0 Å². The Morgan fingerprint density at radius 2 is 2.00 bits per heavy atom. The van der Waals surface area contributed by atoms with Crippen LogP contribution in [0.15, 0.2) is 53.0 Å². The number of fused-ring (bicyclic) bond motifs is 1. The molecule has 1 heterocycles. The van der Waals surface area contributed by atoms with Gasteiger partial charge < -0.3 is 14.4 Å². The Kier molecular flexibility index (Phi) is 4.22. The number of ether oxygens (including phenoxy) is 1. The third kappa shape index (κ3) is 3.09. The van der Waals surface area contributed by atoms with Gasteiger partial charge in [0.2, 0.25) is 0 Å². The number of nitrogens with zero attached hydrogens (tertiary/aromatic N) is 2. The van der Waals surface area contributed by atoms with E-state index in [-0.39, 0.29) is 6.61 Å². The van der Waals surface area contributed by atoms with Crippen LogP contribution in [0, 0.1) is 0 Å². The van der Waals surface area contributed by atoms with Gasteiger partial charge in [-0.15, -0.1) is 0 Å². The number of benzene rings is 2. The molecule has 0 aliphatic rings. The van der Waals surface area contributed by atoms with Gasteiger partial charge in [-0.3, -0.25) is 0 Å². The fourth-order valence-electron chi connectivity index (χ4n) is 2.31. The second-order valence-electron chi connectivity index (χ2n) is 4.63. The highest BCUT2D eigenvalue weighted by molar-refractivity contribution is 9.10. The second-order valence-corrected chi connectivity index (χ2v) is 5.55. The smallest absolute Gasteiger partial charge is 0.135 e. The second kappa shape index (κ2) is 6.28. The normalized spacial score (nSPS) is 11.0. The Morgan fingerprint density at radius 3 is 2.81 bits per heavy atom. The molecule has 0 saturated carbocycles.